The van der Waals surface area contributed by atoms with Gasteiger partial charge in [-0.3, -0.25) is 4.79 Å². The zero-order valence-electron chi connectivity index (χ0n) is 16.2. The molecule has 0 saturated carbocycles. The molecule has 1 N–H and O–H groups in total. The number of nitrogens with zero attached hydrogens (tertiary/aromatic N) is 3. The first-order valence-corrected chi connectivity index (χ1v) is 8.70. The van der Waals surface area contributed by atoms with Crippen molar-refractivity contribution in [2.45, 2.75) is 13.8 Å². The smallest absolute Gasteiger partial charge is 0.262 e. The number of benzene rings is 2. The van der Waals surface area contributed by atoms with Crippen LogP contribution in [0.25, 0.3) is 11.1 Å². The molecule has 0 aliphatic rings. The summed E-state index contributed by atoms with van der Waals surface area (Å²) in [5.41, 5.74) is 4.30. The van der Waals surface area contributed by atoms with Crippen LogP contribution in [0.4, 0.5) is 10.1 Å². The molecule has 6 nitrogen and oxygen atoms in total. The Morgan fingerprint density at radius 3 is 2.46 bits per heavy atom. The Hall–Kier alpha value is -3.48. The maximum Gasteiger partial charge on any atom is 0.262 e. The van der Waals surface area contributed by atoms with Crippen LogP contribution in [0.15, 0.2) is 53.7 Å². The van der Waals surface area contributed by atoms with Gasteiger partial charge in [0.05, 0.1) is 11.4 Å². The van der Waals surface area contributed by atoms with Crippen molar-refractivity contribution in [1.29, 1.82) is 0 Å². The van der Waals surface area contributed by atoms with Gasteiger partial charge in [0.25, 0.3) is 5.91 Å². The number of hydrogen-bond donors (Lipinski definition) is 1. The third-order valence-electron chi connectivity index (χ3n) is 4.40. The molecule has 7 heteroatoms. The lowest BCUT2D eigenvalue weighted by Crippen LogP contribution is -2.15. The van der Waals surface area contributed by atoms with Crippen LogP contribution in [0.1, 0.15) is 28.5 Å². The highest BCUT2D eigenvalue weighted by Gasteiger charge is 2.21. The minimum Gasteiger partial charge on any atom is -0.399 e. The largest absolute Gasteiger partial charge is 0.399 e. The van der Waals surface area contributed by atoms with Gasteiger partial charge >= 0.3 is 0 Å². The highest BCUT2D eigenvalue weighted by Crippen LogP contribution is 2.29. The summed E-state index contributed by atoms with van der Waals surface area (Å²) < 4.78 is 15.3. The molecule has 3 rings (SSSR count). The second kappa shape index (κ2) is 8.04. The predicted octanol–water partition coefficient (Wildman–Crippen LogP) is 4.16. The molecule has 28 heavy (non-hydrogen) atoms. The van der Waals surface area contributed by atoms with Gasteiger partial charge in [-0.1, -0.05) is 47.6 Å². The monoisotopic (exact) mass is 380 g/mol. The Labute approximate surface area is 162 Å². The third-order valence-corrected chi connectivity index (χ3v) is 4.40. The fraction of sp³-hybridized carbons (Fsp3) is 0.190. The second-order valence-corrected chi connectivity index (χ2v) is 6.31. The normalized spacial score (nSPS) is 11.4. The van der Waals surface area contributed by atoms with Gasteiger partial charge in [-0.15, -0.1) is 0 Å². The third kappa shape index (κ3) is 3.78. The molecule has 0 spiro atoms. The lowest BCUT2D eigenvalue weighted by molar-refractivity contribution is 0.102. The predicted molar refractivity (Wildman–Crippen MR) is 107 cm³/mol. The summed E-state index contributed by atoms with van der Waals surface area (Å²) in [5, 5.41) is 10.7. The van der Waals surface area contributed by atoms with Gasteiger partial charge < -0.3 is 10.2 Å². The molecule has 1 amide bonds. The summed E-state index contributed by atoms with van der Waals surface area (Å²) in [6.07, 6.45) is 0. The number of amides is 1. The van der Waals surface area contributed by atoms with Crippen LogP contribution in [0.5, 0.6) is 0 Å². The first-order chi connectivity index (χ1) is 13.4. The number of oxime groups is 1. The molecule has 2 aromatic carbocycles. The van der Waals surface area contributed by atoms with Gasteiger partial charge in [-0.05, 0) is 31.0 Å². The number of aromatic nitrogens is 2. The van der Waals surface area contributed by atoms with E-state index in [1.807, 2.05) is 49.4 Å². The molecule has 144 valence electrons. The maximum atomic E-state index is 14.2. The van der Waals surface area contributed by atoms with Crippen molar-refractivity contribution in [3.63, 3.8) is 0 Å². The van der Waals surface area contributed by atoms with Gasteiger partial charge in [-0.25, -0.2) is 4.68 Å². The quantitative estimate of drug-likeness (QED) is 0.534. The van der Waals surface area contributed by atoms with Crippen molar-refractivity contribution < 1.29 is 14.0 Å². The average Bonchev–Trinajstić information content (AvgIpc) is 2.94. The Morgan fingerprint density at radius 1 is 1.18 bits per heavy atom. The summed E-state index contributed by atoms with van der Waals surface area (Å²) in [4.78, 5) is 17.4. The van der Waals surface area contributed by atoms with Crippen LogP contribution in [-0.2, 0) is 11.9 Å². The van der Waals surface area contributed by atoms with Crippen molar-refractivity contribution in [3.05, 3.63) is 71.3 Å². The van der Waals surface area contributed by atoms with Crippen LogP contribution in [0.2, 0.25) is 0 Å². The van der Waals surface area contributed by atoms with E-state index in [4.69, 9.17) is 4.84 Å². The molecule has 1 aromatic heterocycles. The van der Waals surface area contributed by atoms with E-state index in [1.54, 1.807) is 13.0 Å². The second-order valence-electron chi connectivity index (χ2n) is 6.31. The number of carbonyl (C=O) groups is 1. The van der Waals surface area contributed by atoms with E-state index in [1.165, 1.54) is 14.2 Å². The molecule has 1 heterocycles. The summed E-state index contributed by atoms with van der Waals surface area (Å²) in [6, 6.07) is 15.1. The van der Waals surface area contributed by atoms with Crippen LogP contribution >= 0.6 is 0 Å². The summed E-state index contributed by atoms with van der Waals surface area (Å²) >= 11 is 0. The van der Waals surface area contributed by atoms with Crippen LogP contribution in [0, 0.1) is 12.9 Å². The molecule has 0 atom stereocenters. The number of rotatable bonds is 5. The molecular formula is C21H21FN4O2. The van der Waals surface area contributed by atoms with Crippen molar-refractivity contribution in [1.82, 2.24) is 9.78 Å². The molecule has 3 aromatic rings. The van der Waals surface area contributed by atoms with E-state index in [-0.39, 0.29) is 5.56 Å². The van der Waals surface area contributed by atoms with Crippen LogP contribution in [-0.4, -0.2) is 28.5 Å². The Balaban J connectivity index is 1.91. The number of anilines is 1. The van der Waals surface area contributed by atoms with Gasteiger partial charge in [-0.2, -0.15) is 9.49 Å². The van der Waals surface area contributed by atoms with Crippen molar-refractivity contribution in [2.24, 2.45) is 12.2 Å². The fourth-order valence-electron chi connectivity index (χ4n) is 3.00. The number of aryl methyl sites for hydroxylation is 2. The summed E-state index contributed by atoms with van der Waals surface area (Å²) in [5.74, 6) is -1.19. The van der Waals surface area contributed by atoms with Crippen molar-refractivity contribution in [2.75, 3.05) is 12.4 Å². The molecule has 0 unspecified atom stereocenters. The Bertz CT molecular complexity index is 1040. The average molecular weight is 380 g/mol. The van der Waals surface area contributed by atoms with E-state index in [0.717, 1.165) is 27.1 Å². The molecule has 0 radical (unpaired) electrons. The van der Waals surface area contributed by atoms with Gasteiger partial charge in [0.15, 0.2) is 0 Å². The van der Waals surface area contributed by atoms with Crippen molar-refractivity contribution in [3.8, 4) is 11.1 Å². The molecule has 0 aliphatic carbocycles. The molecule has 0 bridgehead atoms. The minimum absolute atomic E-state index is 0.0564. The number of halogens is 1. The molecule has 0 saturated heterocycles. The zero-order valence-corrected chi connectivity index (χ0v) is 16.2. The van der Waals surface area contributed by atoms with Crippen molar-refractivity contribution >= 4 is 17.3 Å². The summed E-state index contributed by atoms with van der Waals surface area (Å²) in [7, 11) is 2.97. The highest BCUT2D eigenvalue weighted by molar-refractivity contribution is 6.07. The highest BCUT2D eigenvalue weighted by atomic mass is 19.1. The van der Waals surface area contributed by atoms with E-state index in [2.05, 4.69) is 15.6 Å². The van der Waals surface area contributed by atoms with E-state index < -0.39 is 11.9 Å². The Kier molecular flexibility index (Phi) is 5.54. The minimum atomic E-state index is -0.662. The Morgan fingerprint density at radius 2 is 1.86 bits per heavy atom. The lowest BCUT2D eigenvalue weighted by Gasteiger charge is -2.12. The first-order valence-electron chi connectivity index (χ1n) is 8.70. The lowest BCUT2D eigenvalue weighted by atomic mass is 10.0. The van der Waals surface area contributed by atoms with Crippen LogP contribution < -0.4 is 5.32 Å². The number of para-hydroxylation sites is 1. The zero-order chi connectivity index (χ0) is 20.3. The topological polar surface area (TPSA) is 68.5 Å². The molecular weight excluding hydrogens is 359 g/mol. The maximum absolute atomic E-state index is 14.2. The number of carbonyl (C=O) groups excluding carboxylic acids is 1. The summed E-state index contributed by atoms with van der Waals surface area (Å²) in [6.45, 7) is 3.46. The molecule has 0 fully saturated rings. The van der Waals surface area contributed by atoms with Gasteiger partial charge in [0.1, 0.15) is 12.7 Å². The fourth-order valence-corrected chi connectivity index (χ4v) is 3.00. The van der Waals surface area contributed by atoms with Gasteiger partial charge in [0, 0.05) is 18.3 Å². The SMILES string of the molecule is CON=C(C)c1ccc(-c2ccccc2NC(=O)c2c(C)nn(C)c2F)cc1. The number of nitrogens with one attached hydrogen (secondary N) is 1. The van der Waals surface area contributed by atoms with E-state index >= 15 is 0 Å². The van der Waals surface area contributed by atoms with Gasteiger partial charge in [0.2, 0.25) is 5.95 Å². The number of hydrogen-bond acceptors (Lipinski definition) is 4. The molecule has 0 aliphatic heterocycles. The van der Waals surface area contributed by atoms with Crippen LogP contribution in [0.3, 0.4) is 0 Å². The van der Waals surface area contributed by atoms with E-state index in [0.29, 0.717) is 11.4 Å². The first kappa shape index (κ1) is 19.3. The van der Waals surface area contributed by atoms with E-state index in [9.17, 15) is 9.18 Å². The standard InChI is InChI=1S/C21H21FN4O2/c1-13(25-28-4)15-9-11-16(12-10-15)17-7-5-6-8-18(17)23-21(27)19-14(2)24-26(3)20(19)22/h5-12H,1-4H3,(H,23,27).